The average Bonchev–Trinajstić information content (AvgIpc) is 2.45. The van der Waals surface area contributed by atoms with Crippen LogP contribution in [-0.4, -0.2) is 36.2 Å². The van der Waals surface area contributed by atoms with E-state index in [1.165, 1.54) is 0 Å². The molecule has 112 valence electrons. The smallest absolute Gasteiger partial charge is 0.328 e. The van der Waals surface area contributed by atoms with Crippen molar-refractivity contribution in [3.05, 3.63) is 34.9 Å². The standard InChI is InChI=1S/C16H19NO4/c1-4-21-16(20)12(3)17-15(19)14-8-7-11(2)10-13(14)6-5-9-18/h7-8,10,12,18H,4,9H2,1-3H3,(H,17,19). The number of amides is 1. The molecular formula is C16H19NO4. The number of carbonyl (C=O) groups excluding carboxylic acids is 2. The molecule has 1 unspecified atom stereocenters. The van der Waals surface area contributed by atoms with Crippen LogP contribution in [0.2, 0.25) is 0 Å². The molecule has 21 heavy (non-hydrogen) atoms. The Kier molecular flexibility index (Phi) is 6.44. The molecule has 1 aromatic rings. The van der Waals surface area contributed by atoms with Gasteiger partial charge in [0, 0.05) is 5.56 Å². The van der Waals surface area contributed by atoms with E-state index in [1.807, 2.05) is 6.92 Å². The highest BCUT2D eigenvalue weighted by atomic mass is 16.5. The Morgan fingerprint density at radius 1 is 1.43 bits per heavy atom. The van der Waals surface area contributed by atoms with Gasteiger partial charge in [0.15, 0.2) is 0 Å². The van der Waals surface area contributed by atoms with Gasteiger partial charge in [-0.05, 0) is 38.5 Å². The Hall–Kier alpha value is -2.32. The second-order valence-corrected chi connectivity index (χ2v) is 4.46. The van der Waals surface area contributed by atoms with Gasteiger partial charge >= 0.3 is 5.97 Å². The molecule has 0 saturated heterocycles. The van der Waals surface area contributed by atoms with Crippen molar-refractivity contribution in [3.63, 3.8) is 0 Å². The Bertz CT molecular complexity index is 584. The van der Waals surface area contributed by atoms with Gasteiger partial charge in [0.05, 0.1) is 12.2 Å². The van der Waals surface area contributed by atoms with Crippen molar-refractivity contribution in [2.75, 3.05) is 13.2 Å². The summed E-state index contributed by atoms with van der Waals surface area (Å²) in [5, 5.41) is 11.3. The van der Waals surface area contributed by atoms with Crippen LogP contribution in [0, 0.1) is 18.8 Å². The zero-order valence-corrected chi connectivity index (χ0v) is 12.4. The van der Waals surface area contributed by atoms with Crippen molar-refractivity contribution in [2.24, 2.45) is 0 Å². The fraction of sp³-hybridized carbons (Fsp3) is 0.375. The fourth-order valence-corrected chi connectivity index (χ4v) is 1.69. The van der Waals surface area contributed by atoms with Crippen LogP contribution in [0.4, 0.5) is 0 Å². The lowest BCUT2D eigenvalue weighted by molar-refractivity contribution is -0.144. The van der Waals surface area contributed by atoms with Gasteiger partial charge in [-0.1, -0.05) is 17.9 Å². The second-order valence-electron chi connectivity index (χ2n) is 4.46. The number of benzene rings is 1. The van der Waals surface area contributed by atoms with Crippen LogP contribution >= 0.6 is 0 Å². The van der Waals surface area contributed by atoms with Crippen LogP contribution in [0.1, 0.15) is 35.3 Å². The minimum Gasteiger partial charge on any atom is -0.464 e. The van der Waals surface area contributed by atoms with E-state index in [2.05, 4.69) is 17.2 Å². The number of aryl methyl sites for hydroxylation is 1. The summed E-state index contributed by atoms with van der Waals surface area (Å²) >= 11 is 0. The molecule has 0 aromatic heterocycles. The summed E-state index contributed by atoms with van der Waals surface area (Å²) in [6.07, 6.45) is 0. The van der Waals surface area contributed by atoms with Gasteiger partial charge in [-0.3, -0.25) is 4.79 Å². The Balaban J connectivity index is 2.94. The molecule has 0 aliphatic rings. The molecule has 1 atom stereocenters. The molecule has 1 amide bonds. The molecule has 5 heteroatoms. The third kappa shape index (κ3) is 4.93. The monoisotopic (exact) mass is 289 g/mol. The maximum absolute atomic E-state index is 12.2. The molecule has 5 nitrogen and oxygen atoms in total. The molecular weight excluding hydrogens is 270 g/mol. The van der Waals surface area contributed by atoms with Crippen molar-refractivity contribution in [1.82, 2.24) is 5.32 Å². The molecule has 0 spiro atoms. The van der Waals surface area contributed by atoms with E-state index >= 15 is 0 Å². The summed E-state index contributed by atoms with van der Waals surface area (Å²) in [7, 11) is 0. The minimum absolute atomic E-state index is 0.261. The lowest BCUT2D eigenvalue weighted by atomic mass is 10.0. The number of esters is 1. The van der Waals surface area contributed by atoms with Crippen LogP contribution < -0.4 is 5.32 Å². The van der Waals surface area contributed by atoms with Crippen molar-refractivity contribution in [1.29, 1.82) is 0 Å². The van der Waals surface area contributed by atoms with Gasteiger partial charge in [-0.15, -0.1) is 0 Å². The molecule has 0 heterocycles. The third-order valence-corrected chi connectivity index (χ3v) is 2.71. The lowest BCUT2D eigenvalue weighted by Crippen LogP contribution is -2.39. The Morgan fingerprint density at radius 2 is 2.14 bits per heavy atom. The van der Waals surface area contributed by atoms with Crippen molar-refractivity contribution < 1.29 is 19.4 Å². The summed E-state index contributed by atoms with van der Waals surface area (Å²) in [5.41, 5.74) is 1.82. The minimum atomic E-state index is -0.739. The normalized spacial score (nSPS) is 11.0. The van der Waals surface area contributed by atoms with E-state index in [0.717, 1.165) is 5.56 Å². The predicted molar refractivity (Wildman–Crippen MR) is 78.7 cm³/mol. The molecule has 0 aliphatic carbocycles. The van der Waals surface area contributed by atoms with Crippen molar-refractivity contribution >= 4 is 11.9 Å². The first kappa shape index (κ1) is 16.7. The van der Waals surface area contributed by atoms with E-state index < -0.39 is 17.9 Å². The van der Waals surface area contributed by atoms with Gasteiger partial charge in [0.25, 0.3) is 5.91 Å². The number of hydrogen-bond donors (Lipinski definition) is 2. The highest BCUT2D eigenvalue weighted by Gasteiger charge is 2.19. The molecule has 2 N–H and O–H groups in total. The number of rotatable bonds is 4. The molecule has 0 fully saturated rings. The summed E-state index contributed by atoms with van der Waals surface area (Å²) in [4.78, 5) is 23.7. The molecule has 0 bridgehead atoms. The number of hydrogen-bond acceptors (Lipinski definition) is 4. The lowest BCUT2D eigenvalue weighted by Gasteiger charge is -2.13. The van der Waals surface area contributed by atoms with E-state index in [0.29, 0.717) is 11.1 Å². The number of aliphatic hydroxyl groups excluding tert-OH is 1. The van der Waals surface area contributed by atoms with Crippen molar-refractivity contribution in [2.45, 2.75) is 26.8 Å². The zero-order chi connectivity index (χ0) is 15.8. The molecule has 0 radical (unpaired) electrons. The summed E-state index contributed by atoms with van der Waals surface area (Å²) in [5.74, 6) is 4.36. The average molecular weight is 289 g/mol. The van der Waals surface area contributed by atoms with Gasteiger partial charge in [0.1, 0.15) is 12.6 Å². The molecule has 1 aromatic carbocycles. The quantitative estimate of drug-likeness (QED) is 0.641. The summed E-state index contributed by atoms with van der Waals surface area (Å²) < 4.78 is 4.84. The number of carbonyl (C=O) groups is 2. The number of aliphatic hydroxyl groups is 1. The van der Waals surface area contributed by atoms with Crippen LogP contribution in [-0.2, 0) is 9.53 Å². The molecule has 1 rings (SSSR count). The highest BCUT2D eigenvalue weighted by Crippen LogP contribution is 2.11. The maximum Gasteiger partial charge on any atom is 0.328 e. The summed E-state index contributed by atoms with van der Waals surface area (Å²) in [6, 6.07) is 4.45. The largest absolute Gasteiger partial charge is 0.464 e. The zero-order valence-electron chi connectivity index (χ0n) is 12.4. The van der Waals surface area contributed by atoms with Gasteiger partial charge in [-0.2, -0.15) is 0 Å². The topological polar surface area (TPSA) is 75.6 Å². The van der Waals surface area contributed by atoms with E-state index in [1.54, 1.807) is 32.0 Å². The number of ether oxygens (including phenoxy) is 1. The third-order valence-electron chi connectivity index (χ3n) is 2.71. The first-order valence-corrected chi connectivity index (χ1v) is 6.67. The van der Waals surface area contributed by atoms with E-state index in [4.69, 9.17) is 9.84 Å². The highest BCUT2D eigenvalue weighted by molar-refractivity contribution is 5.98. The van der Waals surface area contributed by atoms with Gasteiger partial charge in [-0.25, -0.2) is 4.79 Å². The van der Waals surface area contributed by atoms with Crippen LogP contribution in [0.3, 0.4) is 0 Å². The SMILES string of the molecule is CCOC(=O)C(C)NC(=O)c1ccc(C)cc1C#CCO. The van der Waals surface area contributed by atoms with Crippen LogP contribution in [0.15, 0.2) is 18.2 Å². The second kappa shape index (κ2) is 8.08. The van der Waals surface area contributed by atoms with Crippen LogP contribution in [0.25, 0.3) is 0 Å². The van der Waals surface area contributed by atoms with E-state index in [9.17, 15) is 9.59 Å². The molecule has 0 aliphatic heterocycles. The van der Waals surface area contributed by atoms with Crippen LogP contribution in [0.5, 0.6) is 0 Å². The van der Waals surface area contributed by atoms with Gasteiger partial charge < -0.3 is 15.2 Å². The Labute approximate surface area is 124 Å². The predicted octanol–water partition coefficient (Wildman–Crippen LogP) is 1.02. The fourth-order valence-electron chi connectivity index (χ4n) is 1.69. The molecule has 0 saturated carbocycles. The first-order chi connectivity index (χ1) is 9.99. The van der Waals surface area contributed by atoms with E-state index in [-0.39, 0.29) is 13.2 Å². The Morgan fingerprint density at radius 3 is 2.76 bits per heavy atom. The number of nitrogens with one attached hydrogen (secondary N) is 1. The first-order valence-electron chi connectivity index (χ1n) is 6.67. The maximum atomic E-state index is 12.2. The van der Waals surface area contributed by atoms with Crippen molar-refractivity contribution in [3.8, 4) is 11.8 Å². The van der Waals surface area contributed by atoms with Gasteiger partial charge in [0.2, 0.25) is 0 Å². The summed E-state index contributed by atoms with van der Waals surface area (Å²) in [6.45, 7) is 5.12.